The topological polar surface area (TPSA) is 15.8 Å². The fourth-order valence-corrected chi connectivity index (χ4v) is 0.434. The Bertz CT molecular complexity index is 140. The number of hydrogen-bond donors (Lipinski definition) is 1. The summed E-state index contributed by atoms with van der Waals surface area (Å²) in [5.74, 6) is -0.167. The van der Waals surface area contributed by atoms with Crippen LogP contribution in [0.3, 0.4) is 0 Å². The molecule has 0 unspecified atom stereocenters. The van der Waals surface area contributed by atoms with E-state index in [9.17, 15) is 4.39 Å². The summed E-state index contributed by atoms with van der Waals surface area (Å²) < 4.78 is 12.0. The smallest absolute Gasteiger partial charge is 0.143 e. The van der Waals surface area contributed by atoms with E-state index < -0.39 is 0 Å². The number of rotatable bonds is 0. The van der Waals surface area contributed by atoms with E-state index in [0.717, 1.165) is 0 Å². The zero-order valence-electron chi connectivity index (χ0n) is 4.03. The van der Waals surface area contributed by atoms with Crippen LogP contribution < -0.4 is 0 Å². The summed E-state index contributed by atoms with van der Waals surface area (Å²) in [5.41, 5.74) is 0.597. The molecule has 0 saturated heterocycles. The van der Waals surface area contributed by atoms with Gasteiger partial charge >= 0.3 is 0 Å². The zero-order chi connectivity index (χ0) is 5.28. The van der Waals surface area contributed by atoms with Gasteiger partial charge in [0.2, 0.25) is 0 Å². The average molecular weight is 99.1 g/mol. The lowest BCUT2D eigenvalue weighted by atomic mass is 10.5. The maximum absolute atomic E-state index is 12.0. The van der Waals surface area contributed by atoms with Crippen LogP contribution in [0.4, 0.5) is 4.39 Å². The van der Waals surface area contributed by atoms with Crippen molar-refractivity contribution in [3.05, 3.63) is 23.8 Å². The third kappa shape index (κ3) is 0.633. The fourth-order valence-electron chi connectivity index (χ4n) is 0.434. The Morgan fingerprint density at radius 1 is 1.71 bits per heavy atom. The molecule has 7 heavy (non-hydrogen) atoms. The molecule has 1 aromatic heterocycles. The second-order valence-corrected chi connectivity index (χ2v) is 1.45. The number of aryl methyl sites for hydroxylation is 1. The van der Waals surface area contributed by atoms with Crippen molar-refractivity contribution in [3.63, 3.8) is 0 Å². The largest absolute Gasteiger partial charge is 0.363 e. The van der Waals surface area contributed by atoms with E-state index in [4.69, 9.17) is 0 Å². The van der Waals surface area contributed by atoms with Crippen LogP contribution in [0.5, 0.6) is 0 Å². The van der Waals surface area contributed by atoms with Crippen LogP contribution in [0.15, 0.2) is 12.3 Å². The summed E-state index contributed by atoms with van der Waals surface area (Å²) in [5, 5.41) is 0. The van der Waals surface area contributed by atoms with E-state index in [1.165, 1.54) is 6.07 Å². The molecule has 1 heterocycles. The first-order chi connectivity index (χ1) is 3.30. The van der Waals surface area contributed by atoms with Gasteiger partial charge in [-0.25, -0.2) is 4.39 Å². The molecule has 0 spiro atoms. The SMILES string of the molecule is Cc1[nH]ccc1F. The first-order valence-electron chi connectivity index (χ1n) is 2.10. The van der Waals surface area contributed by atoms with Gasteiger partial charge in [-0.1, -0.05) is 0 Å². The fraction of sp³-hybridized carbons (Fsp3) is 0.200. The predicted molar refractivity (Wildman–Crippen MR) is 25.5 cm³/mol. The Hall–Kier alpha value is -0.790. The number of aromatic nitrogens is 1. The van der Waals surface area contributed by atoms with E-state index in [1.807, 2.05) is 0 Å². The third-order valence-electron chi connectivity index (χ3n) is 0.888. The molecule has 0 amide bonds. The van der Waals surface area contributed by atoms with Gasteiger partial charge in [0.05, 0.1) is 0 Å². The van der Waals surface area contributed by atoms with Crippen molar-refractivity contribution >= 4 is 0 Å². The van der Waals surface area contributed by atoms with Crippen molar-refractivity contribution in [3.8, 4) is 0 Å². The van der Waals surface area contributed by atoms with Crippen LogP contribution >= 0.6 is 0 Å². The molecule has 0 radical (unpaired) electrons. The second-order valence-electron chi connectivity index (χ2n) is 1.45. The Labute approximate surface area is 41.2 Å². The van der Waals surface area contributed by atoms with E-state index in [-0.39, 0.29) is 5.82 Å². The molecule has 38 valence electrons. The normalized spacial score (nSPS) is 9.43. The molecule has 1 rings (SSSR count). The molecule has 0 aromatic carbocycles. The third-order valence-corrected chi connectivity index (χ3v) is 0.888. The standard InChI is InChI=1S/C5H6FN/c1-4-5(6)2-3-7-4/h2-3,7H,1H3. The van der Waals surface area contributed by atoms with Crippen molar-refractivity contribution in [2.45, 2.75) is 6.92 Å². The highest BCUT2D eigenvalue weighted by atomic mass is 19.1. The van der Waals surface area contributed by atoms with Gasteiger partial charge in [0, 0.05) is 11.9 Å². The van der Waals surface area contributed by atoms with Gasteiger partial charge in [-0.15, -0.1) is 0 Å². The molecule has 1 nitrogen and oxygen atoms in total. The minimum atomic E-state index is -0.167. The number of aromatic amines is 1. The van der Waals surface area contributed by atoms with Crippen LogP contribution in [0.2, 0.25) is 0 Å². The number of nitrogens with one attached hydrogen (secondary N) is 1. The van der Waals surface area contributed by atoms with Crippen molar-refractivity contribution in [2.75, 3.05) is 0 Å². The molecule has 1 aromatic rings. The summed E-state index contributed by atoms with van der Waals surface area (Å²) in [6, 6.07) is 1.40. The van der Waals surface area contributed by atoms with Crippen molar-refractivity contribution in [1.29, 1.82) is 0 Å². The zero-order valence-corrected chi connectivity index (χ0v) is 4.03. The van der Waals surface area contributed by atoms with Crippen LogP contribution in [-0.4, -0.2) is 4.98 Å². The van der Waals surface area contributed by atoms with Gasteiger partial charge in [-0.2, -0.15) is 0 Å². The van der Waals surface area contributed by atoms with Crippen LogP contribution in [0.1, 0.15) is 5.69 Å². The molecule has 0 aliphatic rings. The highest BCUT2D eigenvalue weighted by molar-refractivity contribution is 5.03. The average Bonchev–Trinajstić information content (AvgIpc) is 1.91. The quantitative estimate of drug-likeness (QED) is 0.506. The molecular formula is C5H6FN. The van der Waals surface area contributed by atoms with E-state index in [1.54, 1.807) is 13.1 Å². The lowest BCUT2D eigenvalue weighted by molar-refractivity contribution is 0.620. The Kier molecular flexibility index (Phi) is 0.855. The van der Waals surface area contributed by atoms with Crippen molar-refractivity contribution in [1.82, 2.24) is 4.98 Å². The van der Waals surface area contributed by atoms with Gasteiger partial charge in [-0.3, -0.25) is 0 Å². The van der Waals surface area contributed by atoms with Crippen molar-refractivity contribution in [2.24, 2.45) is 0 Å². The monoisotopic (exact) mass is 99.0 g/mol. The molecule has 0 aliphatic carbocycles. The summed E-state index contributed by atoms with van der Waals surface area (Å²) in [4.78, 5) is 2.69. The van der Waals surface area contributed by atoms with Crippen LogP contribution in [0.25, 0.3) is 0 Å². The van der Waals surface area contributed by atoms with Gasteiger partial charge in [0.1, 0.15) is 5.82 Å². The van der Waals surface area contributed by atoms with E-state index in [2.05, 4.69) is 4.98 Å². The summed E-state index contributed by atoms with van der Waals surface area (Å²) in [6.07, 6.45) is 1.57. The second kappa shape index (κ2) is 1.37. The van der Waals surface area contributed by atoms with Crippen LogP contribution in [0, 0.1) is 12.7 Å². The first kappa shape index (κ1) is 4.37. The van der Waals surface area contributed by atoms with Gasteiger partial charge in [0.25, 0.3) is 0 Å². The Morgan fingerprint density at radius 2 is 2.43 bits per heavy atom. The number of H-pyrrole nitrogens is 1. The van der Waals surface area contributed by atoms with E-state index in [0.29, 0.717) is 5.69 Å². The van der Waals surface area contributed by atoms with Gasteiger partial charge < -0.3 is 4.98 Å². The Balaban J connectivity index is 3.12. The minimum absolute atomic E-state index is 0.167. The van der Waals surface area contributed by atoms with Crippen molar-refractivity contribution < 1.29 is 4.39 Å². The summed E-state index contributed by atoms with van der Waals surface area (Å²) in [6.45, 7) is 1.69. The lowest BCUT2D eigenvalue weighted by Gasteiger charge is -1.77. The number of halogens is 1. The molecule has 0 saturated carbocycles. The molecule has 0 bridgehead atoms. The lowest BCUT2D eigenvalue weighted by Crippen LogP contribution is -1.70. The van der Waals surface area contributed by atoms with Gasteiger partial charge in [0.15, 0.2) is 0 Å². The molecular weight excluding hydrogens is 93.1 g/mol. The predicted octanol–water partition coefficient (Wildman–Crippen LogP) is 1.46. The van der Waals surface area contributed by atoms with Crippen LogP contribution in [-0.2, 0) is 0 Å². The first-order valence-corrected chi connectivity index (χ1v) is 2.10. The maximum atomic E-state index is 12.0. The van der Waals surface area contributed by atoms with E-state index >= 15 is 0 Å². The maximum Gasteiger partial charge on any atom is 0.143 e. The molecule has 2 heteroatoms. The number of hydrogen-bond acceptors (Lipinski definition) is 0. The molecule has 1 N–H and O–H groups in total. The highest BCUT2D eigenvalue weighted by Gasteiger charge is 1.90. The molecule has 0 fully saturated rings. The minimum Gasteiger partial charge on any atom is -0.363 e. The summed E-state index contributed by atoms with van der Waals surface area (Å²) >= 11 is 0. The highest BCUT2D eigenvalue weighted by Crippen LogP contribution is 1.98. The summed E-state index contributed by atoms with van der Waals surface area (Å²) in [7, 11) is 0. The Morgan fingerprint density at radius 3 is 2.57 bits per heavy atom. The molecule has 0 atom stereocenters. The molecule has 0 aliphatic heterocycles. The van der Waals surface area contributed by atoms with Gasteiger partial charge in [-0.05, 0) is 13.0 Å².